The Morgan fingerprint density at radius 3 is 1.93 bits per heavy atom. The minimum Gasteiger partial charge on any atom is -0.492 e. The molecule has 0 aliphatic carbocycles. The van der Waals surface area contributed by atoms with Gasteiger partial charge in [-0.1, -0.05) is 86.1 Å². The number of likely N-dealkylation sites (N-methyl/N-ethyl adjacent to an activating group) is 1. The molecule has 0 saturated heterocycles. The topological polar surface area (TPSA) is 12.5 Å². The van der Waals surface area contributed by atoms with Crippen LogP contribution in [0, 0.1) is 0 Å². The first-order valence-corrected chi connectivity index (χ1v) is 10.9. The van der Waals surface area contributed by atoms with E-state index in [1.165, 1.54) is 34.3 Å². The van der Waals surface area contributed by atoms with E-state index in [4.69, 9.17) is 4.74 Å². The predicted octanol–water partition coefficient (Wildman–Crippen LogP) is 6.78. The molecule has 0 fully saturated rings. The lowest BCUT2D eigenvalue weighted by Gasteiger charge is -2.18. The van der Waals surface area contributed by atoms with Crippen LogP contribution in [0.1, 0.15) is 42.9 Å². The molecule has 0 aromatic heterocycles. The Kier molecular flexibility index (Phi) is 8.29. The summed E-state index contributed by atoms with van der Waals surface area (Å²) in [5.74, 6) is 0.934. The van der Waals surface area contributed by atoms with Crippen LogP contribution in [0.15, 0.2) is 84.9 Å². The molecule has 0 N–H and O–H groups in total. The van der Waals surface area contributed by atoms with Crippen LogP contribution < -0.4 is 4.74 Å². The van der Waals surface area contributed by atoms with Crippen molar-refractivity contribution in [1.29, 1.82) is 0 Å². The van der Waals surface area contributed by atoms with Crippen LogP contribution in [0.4, 0.5) is 0 Å². The molecule has 0 amide bonds. The van der Waals surface area contributed by atoms with Gasteiger partial charge in [-0.3, -0.25) is 0 Å². The first-order chi connectivity index (χ1) is 14.7. The average molecular weight is 400 g/mol. The highest BCUT2D eigenvalue weighted by Crippen LogP contribution is 2.36. The van der Waals surface area contributed by atoms with Crippen molar-refractivity contribution in [3.63, 3.8) is 0 Å². The molecule has 3 aromatic rings. The molecule has 2 heteroatoms. The average Bonchev–Trinajstić information content (AvgIpc) is 2.78. The Hall–Kier alpha value is -2.84. The van der Waals surface area contributed by atoms with E-state index in [9.17, 15) is 0 Å². The van der Waals surface area contributed by atoms with Crippen molar-refractivity contribution in [2.45, 2.75) is 26.2 Å². The van der Waals surface area contributed by atoms with Crippen molar-refractivity contribution in [2.24, 2.45) is 0 Å². The highest BCUT2D eigenvalue weighted by Gasteiger charge is 2.14. The van der Waals surface area contributed by atoms with E-state index in [1.54, 1.807) is 0 Å². The van der Waals surface area contributed by atoms with Gasteiger partial charge in [0, 0.05) is 6.54 Å². The summed E-state index contributed by atoms with van der Waals surface area (Å²) < 4.78 is 6.04. The maximum Gasteiger partial charge on any atom is 0.119 e. The van der Waals surface area contributed by atoms with Crippen LogP contribution in [0.25, 0.3) is 11.1 Å². The van der Waals surface area contributed by atoms with E-state index >= 15 is 0 Å². The van der Waals surface area contributed by atoms with E-state index < -0.39 is 0 Å². The predicted molar refractivity (Wildman–Crippen MR) is 129 cm³/mol. The Morgan fingerprint density at radius 2 is 1.37 bits per heavy atom. The third-order valence-electron chi connectivity index (χ3n) is 5.20. The highest BCUT2D eigenvalue weighted by molar-refractivity contribution is 5.98. The lowest BCUT2D eigenvalue weighted by molar-refractivity contribution is 0.261. The van der Waals surface area contributed by atoms with Crippen LogP contribution in [0.2, 0.25) is 0 Å². The fraction of sp³-hybridized carbons (Fsp3) is 0.286. The molecule has 2 nitrogen and oxygen atoms in total. The zero-order valence-electron chi connectivity index (χ0n) is 18.5. The van der Waals surface area contributed by atoms with Crippen molar-refractivity contribution >= 4 is 11.1 Å². The summed E-state index contributed by atoms with van der Waals surface area (Å²) in [7, 11) is 4.13. The molecular formula is C28H33NO. The van der Waals surface area contributed by atoms with Gasteiger partial charge in [0.05, 0.1) is 0 Å². The number of unbranched alkanes of at least 4 members (excludes halogenated alkanes) is 1. The number of benzene rings is 3. The number of hydrogen-bond donors (Lipinski definition) is 0. The maximum absolute atomic E-state index is 6.04. The molecule has 0 spiro atoms. The second-order valence-corrected chi connectivity index (χ2v) is 7.87. The molecular weight excluding hydrogens is 366 g/mol. The maximum atomic E-state index is 6.04. The van der Waals surface area contributed by atoms with Gasteiger partial charge >= 0.3 is 0 Å². The van der Waals surface area contributed by atoms with Crippen LogP contribution in [0.5, 0.6) is 5.75 Å². The first kappa shape index (κ1) is 21.9. The number of hydrogen-bond acceptors (Lipinski definition) is 2. The third-order valence-corrected chi connectivity index (χ3v) is 5.20. The lowest BCUT2D eigenvalue weighted by Crippen LogP contribution is -2.19. The van der Waals surface area contributed by atoms with Gasteiger partial charge < -0.3 is 9.64 Å². The molecule has 0 saturated carbocycles. The zero-order valence-corrected chi connectivity index (χ0v) is 18.5. The SMILES string of the molecule is CCCCC(=C(c1ccccc1)c1ccccc1)c1cccc(OCCN(C)C)c1. The van der Waals surface area contributed by atoms with Gasteiger partial charge in [0.1, 0.15) is 12.4 Å². The number of allylic oxidation sites excluding steroid dienone is 1. The number of ether oxygens (including phenoxy) is 1. The Morgan fingerprint density at radius 1 is 0.767 bits per heavy atom. The largest absolute Gasteiger partial charge is 0.492 e. The van der Waals surface area contributed by atoms with Gasteiger partial charge in [-0.2, -0.15) is 0 Å². The van der Waals surface area contributed by atoms with Gasteiger partial charge in [-0.05, 0) is 66.9 Å². The smallest absolute Gasteiger partial charge is 0.119 e. The molecule has 156 valence electrons. The second-order valence-electron chi connectivity index (χ2n) is 7.87. The van der Waals surface area contributed by atoms with Crippen LogP contribution in [-0.2, 0) is 0 Å². The minimum atomic E-state index is 0.689. The molecule has 3 aromatic carbocycles. The number of rotatable bonds is 10. The monoisotopic (exact) mass is 399 g/mol. The molecule has 0 bridgehead atoms. The molecule has 0 radical (unpaired) electrons. The summed E-state index contributed by atoms with van der Waals surface area (Å²) in [5.41, 5.74) is 6.46. The first-order valence-electron chi connectivity index (χ1n) is 10.9. The summed E-state index contributed by atoms with van der Waals surface area (Å²) in [4.78, 5) is 2.14. The summed E-state index contributed by atoms with van der Waals surface area (Å²) in [6.07, 6.45) is 3.36. The van der Waals surface area contributed by atoms with Gasteiger partial charge in [-0.15, -0.1) is 0 Å². The Bertz CT molecular complexity index is 888. The van der Waals surface area contributed by atoms with Crippen molar-refractivity contribution in [1.82, 2.24) is 4.90 Å². The van der Waals surface area contributed by atoms with E-state index in [-0.39, 0.29) is 0 Å². The van der Waals surface area contributed by atoms with E-state index in [1.807, 2.05) is 0 Å². The van der Waals surface area contributed by atoms with Crippen molar-refractivity contribution in [3.8, 4) is 5.75 Å². The summed E-state index contributed by atoms with van der Waals surface area (Å²) in [6, 6.07) is 30.1. The van der Waals surface area contributed by atoms with Crippen LogP contribution >= 0.6 is 0 Å². The van der Waals surface area contributed by atoms with E-state index in [2.05, 4.69) is 111 Å². The molecule has 0 aliphatic rings. The molecule has 0 unspecified atom stereocenters. The normalized spacial score (nSPS) is 10.8. The summed E-state index contributed by atoms with van der Waals surface area (Å²) in [6.45, 7) is 3.85. The van der Waals surface area contributed by atoms with Crippen LogP contribution in [0.3, 0.4) is 0 Å². The van der Waals surface area contributed by atoms with Crippen molar-refractivity contribution in [2.75, 3.05) is 27.2 Å². The third kappa shape index (κ3) is 6.08. The molecule has 30 heavy (non-hydrogen) atoms. The second kappa shape index (κ2) is 11.4. The number of nitrogens with zero attached hydrogens (tertiary/aromatic N) is 1. The molecule has 0 atom stereocenters. The minimum absolute atomic E-state index is 0.689. The quantitative estimate of drug-likeness (QED) is 0.349. The standard InChI is InChI=1S/C28H33NO/c1-4-5-19-27(25-17-12-18-26(22-25)30-21-20-29(2)3)28(23-13-8-6-9-14-23)24-15-10-7-11-16-24/h6-18,22H,4-5,19-21H2,1-3H3. The summed E-state index contributed by atoms with van der Waals surface area (Å²) >= 11 is 0. The van der Waals surface area contributed by atoms with E-state index in [0.29, 0.717) is 6.61 Å². The zero-order chi connectivity index (χ0) is 21.2. The Labute approximate surface area is 181 Å². The van der Waals surface area contributed by atoms with Gasteiger partial charge in [0.25, 0.3) is 0 Å². The van der Waals surface area contributed by atoms with Gasteiger partial charge in [-0.25, -0.2) is 0 Å². The summed E-state index contributed by atoms with van der Waals surface area (Å²) in [5, 5.41) is 0. The fourth-order valence-electron chi connectivity index (χ4n) is 3.61. The molecule has 3 rings (SSSR count). The van der Waals surface area contributed by atoms with Gasteiger partial charge in [0.2, 0.25) is 0 Å². The van der Waals surface area contributed by atoms with Crippen molar-refractivity contribution < 1.29 is 4.74 Å². The highest BCUT2D eigenvalue weighted by atomic mass is 16.5. The lowest BCUT2D eigenvalue weighted by atomic mass is 9.87. The molecule has 0 aliphatic heterocycles. The Balaban J connectivity index is 2.09. The van der Waals surface area contributed by atoms with E-state index in [0.717, 1.165) is 25.1 Å². The van der Waals surface area contributed by atoms with Crippen LogP contribution in [-0.4, -0.2) is 32.1 Å². The van der Waals surface area contributed by atoms with Crippen molar-refractivity contribution in [3.05, 3.63) is 102 Å². The van der Waals surface area contributed by atoms with Gasteiger partial charge in [0.15, 0.2) is 0 Å². The fourth-order valence-corrected chi connectivity index (χ4v) is 3.61. The molecule has 0 heterocycles.